The van der Waals surface area contributed by atoms with Crippen molar-refractivity contribution in [3.05, 3.63) is 0 Å². The lowest BCUT2D eigenvalue weighted by atomic mass is 9.98. The van der Waals surface area contributed by atoms with Crippen LogP contribution in [0.2, 0.25) is 0 Å². The van der Waals surface area contributed by atoms with Gasteiger partial charge in [-0.1, -0.05) is 6.92 Å². The zero-order valence-electron chi connectivity index (χ0n) is 12.6. The van der Waals surface area contributed by atoms with Gasteiger partial charge in [0.25, 0.3) is 0 Å². The summed E-state index contributed by atoms with van der Waals surface area (Å²) in [5.41, 5.74) is 4.92. The number of nitrogens with two attached hydrogens (primary N) is 1. The number of nitrogens with one attached hydrogen (secondary N) is 1. The molecule has 5 nitrogen and oxygen atoms in total. The summed E-state index contributed by atoms with van der Waals surface area (Å²) in [6.45, 7) is 10.2. The molecule has 0 radical (unpaired) electrons. The van der Waals surface area contributed by atoms with E-state index in [9.17, 15) is 4.79 Å². The number of nitrogens with zero attached hydrogens (tertiary/aromatic N) is 1. The molecule has 1 atom stereocenters. The van der Waals surface area contributed by atoms with Crippen molar-refractivity contribution in [2.75, 3.05) is 32.8 Å². The van der Waals surface area contributed by atoms with Gasteiger partial charge in [0.15, 0.2) is 0 Å². The topological polar surface area (TPSA) is 67.6 Å². The van der Waals surface area contributed by atoms with Crippen molar-refractivity contribution in [3.8, 4) is 0 Å². The molecule has 1 aliphatic heterocycles. The highest BCUT2D eigenvalue weighted by molar-refractivity contribution is 5.84. The number of amides is 1. The number of ether oxygens (including phenoxy) is 1. The number of piperidine rings is 1. The summed E-state index contributed by atoms with van der Waals surface area (Å²) in [7, 11) is 0. The van der Waals surface area contributed by atoms with E-state index in [2.05, 4.69) is 17.1 Å². The number of rotatable bonds is 8. The van der Waals surface area contributed by atoms with E-state index in [-0.39, 0.29) is 5.91 Å². The molecule has 1 unspecified atom stereocenters. The molecule has 3 N–H and O–H groups in total. The first-order chi connectivity index (χ1) is 9.01. The smallest absolute Gasteiger partial charge is 0.238 e. The normalized spacial score (nSPS) is 21.2. The van der Waals surface area contributed by atoms with Crippen LogP contribution in [0.1, 0.15) is 40.0 Å². The lowest BCUT2D eigenvalue weighted by Gasteiger charge is -2.37. The Kier molecular flexibility index (Phi) is 6.75. The third-order valence-electron chi connectivity index (χ3n) is 3.79. The van der Waals surface area contributed by atoms with Crippen LogP contribution < -0.4 is 11.1 Å². The Labute approximate surface area is 116 Å². The van der Waals surface area contributed by atoms with Crippen LogP contribution in [0.4, 0.5) is 0 Å². The molecule has 1 aliphatic rings. The molecule has 0 saturated carbocycles. The Morgan fingerprint density at radius 1 is 1.42 bits per heavy atom. The molecule has 112 valence electrons. The fourth-order valence-corrected chi connectivity index (χ4v) is 2.54. The second kappa shape index (κ2) is 7.82. The van der Waals surface area contributed by atoms with Gasteiger partial charge in [-0.3, -0.25) is 4.79 Å². The van der Waals surface area contributed by atoms with Crippen LogP contribution in [0, 0.1) is 0 Å². The second-order valence-corrected chi connectivity index (χ2v) is 5.55. The van der Waals surface area contributed by atoms with E-state index in [0.29, 0.717) is 12.6 Å². The number of hydrogen-bond acceptors (Lipinski definition) is 4. The predicted octanol–water partition coefficient (Wildman–Crippen LogP) is 0.731. The van der Waals surface area contributed by atoms with Gasteiger partial charge in [0.1, 0.15) is 5.54 Å². The van der Waals surface area contributed by atoms with Crippen LogP contribution >= 0.6 is 0 Å². The molecule has 1 saturated heterocycles. The van der Waals surface area contributed by atoms with E-state index in [4.69, 9.17) is 10.5 Å². The van der Waals surface area contributed by atoms with Crippen molar-refractivity contribution < 1.29 is 9.53 Å². The van der Waals surface area contributed by atoms with Crippen molar-refractivity contribution >= 4 is 5.91 Å². The summed E-state index contributed by atoms with van der Waals surface area (Å²) in [6, 6.07) is 0. The Morgan fingerprint density at radius 2 is 2.05 bits per heavy atom. The van der Waals surface area contributed by atoms with Crippen molar-refractivity contribution in [1.82, 2.24) is 10.2 Å². The molecule has 0 aromatic heterocycles. The van der Waals surface area contributed by atoms with Crippen molar-refractivity contribution in [1.29, 1.82) is 0 Å². The van der Waals surface area contributed by atoms with Gasteiger partial charge in [-0.15, -0.1) is 0 Å². The lowest BCUT2D eigenvalue weighted by molar-refractivity contribution is -0.124. The average molecular weight is 271 g/mol. The third-order valence-corrected chi connectivity index (χ3v) is 3.79. The van der Waals surface area contributed by atoms with Crippen LogP contribution in [-0.2, 0) is 9.53 Å². The quantitative estimate of drug-likeness (QED) is 0.683. The van der Waals surface area contributed by atoms with E-state index in [1.54, 1.807) is 0 Å². The SMILES string of the molecule is CCCNC(C)(CN1CCC(OCC)CC1)C(N)=O. The first-order valence-electron chi connectivity index (χ1n) is 7.40. The maximum atomic E-state index is 11.7. The van der Waals surface area contributed by atoms with Crippen LogP contribution in [0.15, 0.2) is 0 Å². The summed E-state index contributed by atoms with van der Waals surface area (Å²) in [6.07, 6.45) is 3.45. The van der Waals surface area contributed by atoms with E-state index in [0.717, 1.165) is 45.5 Å². The van der Waals surface area contributed by atoms with Gasteiger partial charge < -0.3 is 20.7 Å². The van der Waals surface area contributed by atoms with Gasteiger partial charge in [0.2, 0.25) is 5.91 Å². The summed E-state index contributed by atoms with van der Waals surface area (Å²) in [5, 5.41) is 3.28. The third kappa shape index (κ3) is 5.09. The van der Waals surface area contributed by atoms with Crippen molar-refractivity contribution in [2.24, 2.45) is 5.73 Å². The minimum Gasteiger partial charge on any atom is -0.378 e. The van der Waals surface area contributed by atoms with Crippen molar-refractivity contribution in [2.45, 2.75) is 51.7 Å². The molecule has 0 aliphatic carbocycles. The van der Waals surface area contributed by atoms with E-state index in [1.807, 2.05) is 13.8 Å². The fraction of sp³-hybridized carbons (Fsp3) is 0.929. The van der Waals surface area contributed by atoms with Gasteiger partial charge in [-0.2, -0.15) is 0 Å². The molecule has 1 heterocycles. The largest absolute Gasteiger partial charge is 0.378 e. The van der Waals surface area contributed by atoms with Gasteiger partial charge in [-0.25, -0.2) is 0 Å². The van der Waals surface area contributed by atoms with Crippen LogP contribution in [-0.4, -0.2) is 55.2 Å². The number of carbonyl (C=O) groups is 1. The number of likely N-dealkylation sites (tertiary alicyclic amines) is 1. The molecule has 19 heavy (non-hydrogen) atoms. The minimum atomic E-state index is -0.630. The molecule has 0 aromatic rings. The highest BCUT2D eigenvalue weighted by atomic mass is 16.5. The van der Waals surface area contributed by atoms with Gasteiger partial charge in [0, 0.05) is 26.2 Å². The van der Waals surface area contributed by atoms with E-state index >= 15 is 0 Å². The minimum absolute atomic E-state index is 0.270. The fourth-order valence-electron chi connectivity index (χ4n) is 2.54. The summed E-state index contributed by atoms with van der Waals surface area (Å²) >= 11 is 0. The second-order valence-electron chi connectivity index (χ2n) is 5.55. The molecule has 0 spiro atoms. The highest BCUT2D eigenvalue weighted by Gasteiger charge is 2.33. The predicted molar refractivity (Wildman–Crippen MR) is 77.0 cm³/mol. The summed E-state index contributed by atoms with van der Waals surface area (Å²) < 4.78 is 5.64. The Morgan fingerprint density at radius 3 is 2.53 bits per heavy atom. The molecule has 1 amide bonds. The standard InChI is InChI=1S/C14H29N3O2/c1-4-8-16-14(3,13(15)18)11-17-9-6-12(7-10-17)19-5-2/h12,16H,4-11H2,1-3H3,(H2,15,18). The Hall–Kier alpha value is -0.650. The zero-order valence-corrected chi connectivity index (χ0v) is 12.6. The average Bonchev–Trinajstić information content (AvgIpc) is 2.39. The van der Waals surface area contributed by atoms with Crippen molar-refractivity contribution in [3.63, 3.8) is 0 Å². The molecule has 0 aromatic carbocycles. The Balaban J connectivity index is 2.45. The first kappa shape index (κ1) is 16.4. The van der Waals surface area contributed by atoms with Gasteiger partial charge in [-0.05, 0) is 39.7 Å². The molecular formula is C14H29N3O2. The molecule has 0 bridgehead atoms. The van der Waals surface area contributed by atoms with Crippen LogP contribution in [0.5, 0.6) is 0 Å². The van der Waals surface area contributed by atoms with Gasteiger partial charge in [0.05, 0.1) is 6.10 Å². The maximum Gasteiger partial charge on any atom is 0.238 e. The van der Waals surface area contributed by atoms with Crippen LogP contribution in [0.3, 0.4) is 0 Å². The molecule has 5 heteroatoms. The van der Waals surface area contributed by atoms with Gasteiger partial charge >= 0.3 is 0 Å². The van der Waals surface area contributed by atoms with Crippen LogP contribution in [0.25, 0.3) is 0 Å². The molecular weight excluding hydrogens is 242 g/mol. The zero-order chi connectivity index (χ0) is 14.3. The molecule has 1 rings (SSSR count). The number of carbonyl (C=O) groups excluding carboxylic acids is 1. The molecule has 1 fully saturated rings. The Bertz CT molecular complexity index is 278. The monoisotopic (exact) mass is 271 g/mol. The number of hydrogen-bond donors (Lipinski definition) is 2. The summed E-state index contributed by atoms with van der Waals surface area (Å²) in [4.78, 5) is 14.0. The van der Waals surface area contributed by atoms with E-state index in [1.165, 1.54) is 0 Å². The lowest BCUT2D eigenvalue weighted by Crippen LogP contribution is -2.60. The van der Waals surface area contributed by atoms with E-state index < -0.39 is 5.54 Å². The maximum absolute atomic E-state index is 11.7. The first-order valence-corrected chi connectivity index (χ1v) is 7.40. The number of primary amides is 1. The highest BCUT2D eigenvalue weighted by Crippen LogP contribution is 2.16. The summed E-state index contributed by atoms with van der Waals surface area (Å²) in [5.74, 6) is -0.270.